The first-order valence-corrected chi connectivity index (χ1v) is 11.3. The van der Waals surface area contributed by atoms with Gasteiger partial charge in [0.2, 0.25) is 11.8 Å². The predicted octanol–water partition coefficient (Wildman–Crippen LogP) is 2.62. The molecule has 3 heterocycles. The third-order valence-electron chi connectivity index (χ3n) is 4.81. The van der Waals surface area contributed by atoms with Gasteiger partial charge in [0.25, 0.3) is 5.56 Å². The number of carbonyl (C=O) groups excluding carboxylic acids is 1. The summed E-state index contributed by atoms with van der Waals surface area (Å²) >= 11 is 0. The number of rotatable bonds is 10. The molecule has 0 aliphatic carbocycles. The molecule has 3 rings (SSSR count). The van der Waals surface area contributed by atoms with Gasteiger partial charge in [0.1, 0.15) is 5.52 Å². The molecular formula is C24H32N6O4. The summed E-state index contributed by atoms with van der Waals surface area (Å²) < 4.78 is 12.3. The molecule has 0 saturated heterocycles. The van der Waals surface area contributed by atoms with Gasteiger partial charge in [-0.15, -0.1) is 0 Å². The topological polar surface area (TPSA) is 120 Å². The minimum Gasteiger partial charge on any atom is -0.481 e. The minimum absolute atomic E-state index is 0.0691. The molecule has 1 amide bonds. The standard InChI is InChI=1S/C24H32N6O4/c1-6-10-34-11-9-30-19-12-17(16-7-8-21(33-5)26-13-16)25-14-18(19)28-22(23(30)32)27-15-20(31)29-24(2,3)4/h7-8,12-14H,6,9-11,15H2,1-5H3,(H,27,28)(H,29,31). The number of anilines is 1. The van der Waals surface area contributed by atoms with E-state index in [-0.39, 0.29) is 29.4 Å². The molecule has 0 saturated carbocycles. The number of amides is 1. The fourth-order valence-corrected chi connectivity index (χ4v) is 3.32. The summed E-state index contributed by atoms with van der Waals surface area (Å²) in [6, 6.07) is 5.41. The Kier molecular flexibility index (Phi) is 8.17. The minimum atomic E-state index is -0.372. The van der Waals surface area contributed by atoms with Gasteiger partial charge in [-0.1, -0.05) is 6.92 Å². The zero-order valence-electron chi connectivity index (χ0n) is 20.3. The number of ether oxygens (including phenoxy) is 2. The van der Waals surface area contributed by atoms with Crippen LogP contribution in [0.15, 0.2) is 35.4 Å². The zero-order chi connectivity index (χ0) is 24.7. The molecule has 0 spiro atoms. The van der Waals surface area contributed by atoms with Gasteiger partial charge < -0.3 is 24.7 Å². The van der Waals surface area contributed by atoms with Gasteiger partial charge in [-0.3, -0.25) is 14.6 Å². The van der Waals surface area contributed by atoms with Crippen molar-refractivity contribution in [3.05, 3.63) is 40.9 Å². The zero-order valence-corrected chi connectivity index (χ0v) is 20.3. The Labute approximate surface area is 198 Å². The Morgan fingerprint density at radius 2 is 1.94 bits per heavy atom. The smallest absolute Gasteiger partial charge is 0.293 e. The second kappa shape index (κ2) is 11.1. The molecule has 3 aromatic heterocycles. The number of aromatic nitrogens is 4. The van der Waals surface area contributed by atoms with Crippen LogP contribution in [0.1, 0.15) is 34.1 Å². The van der Waals surface area contributed by atoms with Gasteiger partial charge in [0.15, 0.2) is 5.82 Å². The third kappa shape index (κ3) is 6.50. The molecule has 10 heteroatoms. The number of carbonyl (C=O) groups is 1. The van der Waals surface area contributed by atoms with Crippen molar-refractivity contribution in [3.63, 3.8) is 0 Å². The molecule has 3 aromatic rings. The molecule has 0 atom stereocenters. The van der Waals surface area contributed by atoms with Crippen molar-refractivity contribution in [3.8, 4) is 17.1 Å². The molecule has 0 bridgehead atoms. The van der Waals surface area contributed by atoms with E-state index in [2.05, 4.69) is 25.6 Å². The Balaban J connectivity index is 1.96. The first-order chi connectivity index (χ1) is 16.2. The number of methoxy groups -OCH3 is 1. The fourth-order valence-electron chi connectivity index (χ4n) is 3.32. The van der Waals surface area contributed by atoms with E-state index in [1.807, 2.05) is 39.8 Å². The molecule has 0 aliphatic heterocycles. The van der Waals surface area contributed by atoms with Crippen LogP contribution >= 0.6 is 0 Å². The number of hydrogen-bond acceptors (Lipinski definition) is 8. The Morgan fingerprint density at radius 1 is 1.15 bits per heavy atom. The van der Waals surface area contributed by atoms with Gasteiger partial charge in [-0.2, -0.15) is 0 Å². The van der Waals surface area contributed by atoms with E-state index < -0.39 is 0 Å². The summed E-state index contributed by atoms with van der Waals surface area (Å²) in [7, 11) is 1.56. The summed E-state index contributed by atoms with van der Waals surface area (Å²) in [5.41, 5.74) is 1.88. The first kappa shape index (κ1) is 25.1. The molecule has 0 aromatic carbocycles. The summed E-state index contributed by atoms with van der Waals surface area (Å²) in [6.45, 7) is 8.96. The molecule has 2 N–H and O–H groups in total. The summed E-state index contributed by atoms with van der Waals surface area (Å²) in [5, 5.41) is 5.74. The van der Waals surface area contributed by atoms with E-state index in [9.17, 15) is 9.59 Å². The Morgan fingerprint density at radius 3 is 2.59 bits per heavy atom. The van der Waals surface area contributed by atoms with E-state index in [1.165, 1.54) is 0 Å². The number of nitrogens with zero attached hydrogens (tertiary/aromatic N) is 4. The third-order valence-corrected chi connectivity index (χ3v) is 4.81. The second-order valence-electron chi connectivity index (χ2n) is 8.83. The van der Waals surface area contributed by atoms with E-state index in [0.29, 0.717) is 42.4 Å². The number of pyridine rings is 2. The molecule has 0 aliphatic rings. The molecule has 0 radical (unpaired) electrons. The highest BCUT2D eigenvalue weighted by Gasteiger charge is 2.16. The monoisotopic (exact) mass is 468 g/mol. The Bertz CT molecular complexity index is 1190. The molecule has 34 heavy (non-hydrogen) atoms. The normalized spacial score (nSPS) is 11.4. The van der Waals surface area contributed by atoms with Crippen molar-refractivity contribution in [2.24, 2.45) is 0 Å². The van der Waals surface area contributed by atoms with Crippen molar-refractivity contribution >= 4 is 22.8 Å². The molecule has 0 unspecified atom stereocenters. The fraction of sp³-hybridized carbons (Fsp3) is 0.458. The van der Waals surface area contributed by atoms with Gasteiger partial charge in [0, 0.05) is 36.5 Å². The Hall–Kier alpha value is -3.53. The van der Waals surface area contributed by atoms with E-state index >= 15 is 0 Å². The van der Waals surface area contributed by atoms with Crippen molar-refractivity contribution in [1.29, 1.82) is 0 Å². The number of hydrogen-bond donors (Lipinski definition) is 2. The predicted molar refractivity (Wildman–Crippen MR) is 131 cm³/mol. The quantitative estimate of drug-likeness (QED) is 0.436. The van der Waals surface area contributed by atoms with E-state index in [4.69, 9.17) is 9.47 Å². The number of fused-ring (bicyclic) bond motifs is 1. The summed E-state index contributed by atoms with van der Waals surface area (Å²) in [5.74, 6) is 0.363. The average Bonchev–Trinajstić information content (AvgIpc) is 2.80. The van der Waals surface area contributed by atoms with Gasteiger partial charge in [-0.25, -0.2) is 9.97 Å². The lowest BCUT2D eigenvalue weighted by Gasteiger charge is -2.20. The highest BCUT2D eigenvalue weighted by molar-refractivity contribution is 5.82. The maximum Gasteiger partial charge on any atom is 0.293 e. The van der Waals surface area contributed by atoms with E-state index in [0.717, 1.165) is 12.0 Å². The van der Waals surface area contributed by atoms with Gasteiger partial charge in [0.05, 0.1) is 37.7 Å². The van der Waals surface area contributed by atoms with Crippen LogP contribution in [0, 0.1) is 0 Å². The van der Waals surface area contributed by atoms with Crippen LogP contribution in [0.5, 0.6) is 5.88 Å². The first-order valence-electron chi connectivity index (χ1n) is 11.3. The van der Waals surface area contributed by atoms with Crippen molar-refractivity contribution < 1.29 is 14.3 Å². The average molecular weight is 469 g/mol. The van der Waals surface area contributed by atoms with Crippen LogP contribution in [0.3, 0.4) is 0 Å². The lowest BCUT2D eigenvalue weighted by Crippen LogP contribution is -2.43. The van der Waals surface area contributed by atoms with Gasteiger partial charge in [-0.05, 0) is 39.3 Å². The molecule has 182 valence electrons. The van der Waals surface area contributed by atoms with Crippen molar-refractivity contribution in [1.82, 2.24) is 24.8 Å². The van der Waals surface area contributed by atoms with Crippen LogP contribution < -0.4 is 20.9 Å². The van der Waals surface area contributed by atoms with Crippen LogP contribution in [-0.4, -0.2) is 57.8 Å². The summed E-state index contributed by atoms with van der Waals surface area (Å²) in [4.78, 5) is 38.7. The van der Waals surface area contributed by atoms with E-state index in [1.54, 1.807) is 30.1 Å². The van der Waals surface area contributed by atoms with Crippen LogP contribution in [-0.2, 0) is 16.1 Å². The number of nitrogens with one attached hydrogen (secondary N) is 2. The van der Waals surface area contributed by atoms with Gasteiger partial charge >= 0.3 is 0 Å². The van der Waals surface area contributed by atoms with Crippen LogP contribution in [0.4, 0.5) is 5.82 Å². The largest absolute Gasteiger partial charge is 0.481 e. The maximum atomic E-state index is 13.3. The SMILES string of the molecule is CCCOCCn1c(=O)c(NCC(=O)NC(C)(C)C)nc2cnc(-c3ccc(OC)nc3)cc21. The molecular weight excluding hydrogens is 436 g/mol. The van der Waals surface area contributed by atoms with Crippen LogP contribution in [0.2, 0.25) is 0 Å². The molecule has 0 fully saturated rings. The van der Waals surface area contributed by atoms with Crippen LogP contribution in [0.25, 0.3) is 22.3 Å². The lowest BCUT2D eigenvalue weighted by molar-refractivity contribution is -0.120. The summed E-state index contributed by atoms with van der Waals surface area (Å²) in [6.07, 6.45) is 4.16. The molecule has 10 nitrogen and oxygen atoms in total. The van der Waals surface area contributed by atoms with Crippen molar-refractivity contribution in [2.75, 3.05) is 32.2 Å². The van der Waals surface area contributed by atoms with Crippen molar-refractivity contribution in [2.45, 2.75) is 46.2 Å². The maximum absolute atomic E-state index is 13.3. The lowest BCUT2D eigenvalue weighted by atomic mass is 10.1. The second-order valence-corrected chi connectivity index (χ2v) is 8.83. The highest BCUT2D eigenvalue weighted by Crippen LogP contribution is 2.22. The highest BCUT2D eigenvalue weighted by atomic mass is 16.5.